The predicted molar refractivity (Wildman–Crippen MR) is 60.0 cm³/mol. The Morgan fingerprint density at radius 1 is 0.929 bits per heavy atom. The second-order valence-corrected chi connectivity index (χ2v) is 3.73. The monoisotopic (exact) mass is 185 g/mol. The molecule has 2 rings (SSSR count). The molecule has 0 N–H and O–H groups in total. The van der Waals surface area contributed by atoms with Gasteiger partial charge in [-0.1, -0.05) is 18.2 Å². The lowest BCUT2D eigenvalue weighted by atomic mass is 10.2. The van der Waals surface area contributed by atoms with Crippen LogP contribution in [0.3, 0.4) is 0 Å². The van der Waals surface area contributed by atoms with Crippen LogP contribution in [0.2, 0.25) is 0 Å². The fourth-order valence-corrected chi connectivity index (χ4v) is 1.71. The molecule has 0 unspecified atom stereocenters. The molecule has 0 atom stereocenters. The molecule has 0 saturated heterocycles. The average molecular weight is 185 g/mol. The van der Waals surface area contributed by atoms with E-state index in [1.165, 1.54) is 22.5 Å². The Morgan fingerprint density at radius 3 is 2.07 bits per heavy atom. The zero-order valence-corrected chi connectivity index (χ0v) is 8.91. The lowest BCUT2D eigenvalue weighted by Gasteiger charge is -2.05. The van der Waals surface area contributed by atoms with Gasteiger partial charge in [-0.3, -0.25) is 0 Å². The van der Waals surface area contributed by atoms with Crippen molar-refractivity contribution in [1.82, 2.24) is 4.57 Å². The van der Waals surface area contributed by atoms with Crippen LogP contribution in [-0.4, -0.2) is 4.57 Å². The number of aromatic nitrogens is 1. The third-order valence-corrected chi connectivity index (χ3v) is 2.85. The maximum atomic E-state index is 2.24. The van der Waals surface area contributed by atoms with E-state index >= 15 is 0 Å². The van der Waals surface area contributed by atoms with Crippen molar-refractivity contribution in [2.45, 2.75) is 20.8 Å². The first-order chi connectivity index (χ1) is 6.70. The molecule has 0 bridgehead atoms. The molecule has 0 radical (unpaired) electrons. The highest BCUT2D eigenvalue weighted by Crippen LogP contribution is 2.19. The maximum absolute atomic E-state index is 2.24. The second-order valence-electron chi connectivity index (χ2n) is 3.73. The highest BCUT2D eigenvalue weighted by molar-refractivity contribution is 5.40. The Kier molecular flexibility index (Phi) is 2.16. The molecule has 0 fully saturated rings. The van der Waals surface area contributed by atoms with Gasteiger partial charge in [0.1, 0.15) is 0 Å². The van der Waals surface area contributed by atoms with Gasteiger partial charge in [-0.15, -0.1) is 0 Å². The lowest BCUT2D eigenvalue weighted by Crippen LogP contribution is -1.94. The minimum atomic E-state index is 1.24. The van der Waals surface area contributed by atoms with Crippen LogP contribution in [0, 0.1) is 20.8 Å². The van der Waals surface area contributed by atoms with Crippen molar-refractivity contribution in [3.63, 3.8) is 0 Å². The summed E-state index contributed by atoms with van der Waals surface area (Å²) >= 11 is 0. The van der Waals surface area contributed by atoms with E-state index in [1.807, 2.05) is 6.07 Å². The van der Waals surface area contributed by atoms with Crippen LogP contribution in [0.15, 0.2) is 36.5 Å². The molecule has 0 aliphatic carbocycles. The number of hydrogen-bond acceptors (Lipinski definition) is 0. The highest BCUT2D eigenvalue weighted by Gasteiger charge is 2.05. The standard InChI is InChI=1S/C13H15N/c1-10-9-14(12(3)11(10)2)13-7-5-4-6-8-13/h4-9H,1-3H3. The van der Waals surface area contributed by atoms with Crippen molar-refractivity contribution >= 4 is 0 Å². The lowest BCUT2D eigenvalue weighted by molar-refractivity contribution is 1.00. The van der Waals surface area contributed by atoms with Gasteiger partial charge in [0.2, 0.25) is 0 Å². The van der Waals surface area contributed by atoms with Crippen LogP contribution in [0.25, 0.3) is 5.69 Å². The summed E-state index contributed by atoms with van der Waals surface area (Å²) < 4.78 is 2.24. The first-order valence-corrected chi connectivity index (χ1v) is 4.90. The first-order valence-electron chi connectivity index (χ1n) is 4.90. The first kappa shape index (κ1) is 9.07. The number of aryl methyl sites for hydroxylation is 1. The Balaban J connectivity index is 2.58. The van der Waals surface area contributed by atoms with Crippen LogP contribution in [0.5, 0.6) is 0 Å². The van der Waals surface area contributed by atoms with E-state index in [2.05, 4.69) is 55.8 Å². The molecule has 0 saturated carbocycles. The largest absolute Gasteiger partial charge is 0.321 e. The summed E-state index contributed by atoms with van der Waals surface area (Å²) in [7, 11) is 0. The van der Waals surface area contributed by atoms with Crippen LogP contribution < -0.4 is 0 Å². The molecule has 1 heterocycles. The third kappa shape index (κ3) is 1.35. The van der Waals surface area contributed by atoms with E-state index in [0.29, 0.717) is 0 Å². The van der Waals surface area contributed by atoms with Gasteiger partial charge in [0.05, 0.1) is 0 Å². The Labute approximate surface area is 85.0 Å². The minimum absolute atomic E-state index is 1.24. The topological polar surface area (TPSA) is 4.93 Å². The zero-order valence-electron chi connectivity index (χ0n) is 8.91. The van der Waals surface area contributed by atoms with Gasteiger partial charge in [-0.25, -0.2) is 0 Å². The van der Waals surface area contributed by atoms with Gasteiger partial charge in [0.15, 0.2) is 0 Å². The van der Waals surface area contributed by atoms with Gasteiger partial charge in [0.25, 0.3) is 0 Å². The molecular formula is C13H15N. The minimum Gasteiger partial charge on any atom is -0.321 e. The molecule has 72 valence electrons. The smallest absolute Gasteiger partial charge is 0.0452 e. The zero-order chi connectivity index (χ0) is 10.1. The van der Waals surface area contributed by atoms with Crippen molar-refractivity contribution in [3.8, 4) is 5.69 Å². The Bertz CT molecular complexity index is 438. The van der Waals surface area contributed by atoms with E-state index in [-0.39, 0.29) is 0 Å². The fourth-order valence-electron chi connectivity index (χ4n) is 1.71. The molecular weight excluding hydrogens is 170 g/mol. The van der Waals surface area contributed by atoms with Gasteiger partial charge < -0.3 is 4.57 Å². The molecule has 0 amide bonds. The molecule has 1 heteroatoms. The number of nitrogens with zero attached hydrogens (tertiary/aromatic N) is 1. The van der Waals surface area contributed by atoms with Crippen molar-refractivity contribution in [3.05, 3.63) is 53.3 Å². The summed E-state index contributed by atoms with van der Waals surface area (Å²) in [5.74, 6) is 0. The molecule has 0 aliphatic heterocycles. The number of benzene rings is 1. The average Bonchev–Trinajstić information content (AvgIpc) is 2.47. The number of rotatable bonds is 1. The van der Waals surface area contributed by atoms with Gasteiger partial charge in [-0.05, 0) is 44.0 Å². The highest BCUT2D eigenvalue weighted by atomic mass is 15.0. The van der Waals surface area contributed by atoms with E-state index in [0.717, 1.165) is 0 Å². The summed E-state index contributed by atoms with van der Waals surface area (Å²) in [5, 5.41) is 0. The van der Waals surface area contributed by atoms with E-state index < -0.39 is 0 Å². The summed E-state index contributed by atoms with van der Waals surface area (Å²) in [6.07, 6.45) is 2.19. The fraction of sp³-hybridized carbons (Fsp3) is 0.231. The SMILES string of the molecule is Cc1cn(-c2ccccc2)c(C)c1C. The summed E-state index contributed by atoms with van der Waals surface area (Å²) in [5.41, 5.74) is 5.30. The van der Waals surface area contributed by atoms with E-state index in [4.69, 9.17) is 0 Å². The molecule has 14 heavy (non-hydrogen) atoms. The molecule has 0 spiro atoms. The van der Waals surface area contributed by atoms with Crippen LogP contribution in [-0.2, 0) is 0 Å². The summed E-state index contributed by atoms with van der Waals surface area (Å²) in [6, 6.07) is 10.4. The summed E-state index contributed by atoms with van der Waals surface area (Å²) in [4.78, 5) is 0. The van der Waals surface area contributed by atoms with Crippen LogP contribution in [0.4, 0.5) is 0 Å². The molecule has 1 nitrogen and oxygen atoms in total. The summed E-state index contributed by atoms with van der Waals surface area (Å²) in [6.45, 7) is 6.49. The quantitative estimate of drug-likeness (QED) is 0.641. The van der Waals surface area contributed by atoms with E-state index in [9.17, 15) is 0 Å². The van der Waals surface area contributed by atoms with Gasteiger partial charge in [-0.2, -0.15) is 0 Å². The van der Waals surface area contributed by atoms with Crippen LogP contribution in [0.1, 0.15) is 16.8 Å². The van der Waals surface area contributed by atoms with Gasteiger partial charge >= 0.3 is 0 Å². The van der Waals surface area contributed by atoms with Crippen molar-refractivity contribution in [2.24, 2.45) is 0 Å². The Morgan fingerprint density at radius 2 is 1.57 bits per heavy atom. The van der Waals surface area contributed by atoms with Gasteiger partial charge in [0, 0.05) is 17.6 Å². The van der Waals surface area contributed by atoms with Crippen molar-refractivity contribution in [1.29, 1.82) is 0 Å². The molecule has 1 aromatic carbocycles. The normalized spacial score (nSPS) is 10.5. The maximum Gasteiger partial charge on any atom is 0.0452 e. The molecule has 1 aromatic heterocycles. The van der Waals surface area contributed by atoms with Crippen LogP contribution >= 0.6 is 0 Å². The second kappa shape index (κ2) is 3.33. The number of para-hydroxylation sites is 1. The molecule has 0 aliphatic rings. The molecule has 2 aromatic rings. The van der Waals surface area contributed by atoms with E-state index in [1.54, 1.807) is 0 Å². The van der Waals surface area contributed by atoms with Crippen molar-refractivity contribution < 1.29 is 0 Å². The Hall–Kier alpha value is -1.50. The van der Waals surface area contributed by atoms with Crippen molar-refractivity contribution in [2.75, 3.05) is 0 Å². The number of hydrogen-bond donors (Lipinski definition) is 0. The predicted octanol–water partition coefficient (Wildman–Crippen LogP) is 3.40. The third-order valence-electron chi connectivity index (χ3n) is 2.85.